The molecule has 1 rings (SSSR count). The van der Waals surface area contributed by atoms with Crippen molar-refractivity contribution in [1.29, 1.82) is 0 Å². The van der Waals surface area contributed by atoms with Crippen molar-refractivity contribution >= 4 is 35.0 Å². The van der Waals surface area contributed by atoms with E-state index < -0.39 is 0 Å². The Morgan fingerprint density at radius 1 is 1.40 bits per heavy atom. The Kier molecular flexibility index (Phi) is 4.99. The van der Waals surface area contributed by atoms with E-state index in [4.69, 9.17) is 11.6 Å². The number of carbonyl (C=O) groups excluding carboxylic acids is 1. The normalized spacial score (nSPS) is 14.3. The lowest BCUT2D eigenvalue weighted by molar-refractivity contribution is -0.115. The number of rotatable bonds is 4. The number of amides is 1. The zero-order chi connectivity index (χ0) is 11.3. The minimum absolute atomic E-state index is 0.0452. The maximum Gasteiger partial charge on any atom is 0.238 e. The average molecular weight is 244 g/mol. The predicted molar refractivity (Wildman–Crippen MR) is 67.7 cm³/mol. The van der Waals surface area contributed by atoms with Crippen LogP contribution in [0.2, 0.25) is 0 Å². The third kappa shape index (κ3) is 3.76. The van der Waals surface area contributed by atoms with Gasteiger partial charge in [-0.05, 0) is 25.3 Å². The van der Waals surface area contributed by atoms with Crippen LogP contribution >= 0.6 is 23.4 Å². The summed E-state index contributed by atoms with van der Waals surface area (Å²) in [6, 6.07) is 9.38. The van der Waals surface area contributed by atoms with Gasteiger partial charge in [0.1, 0.15) is 0 Å². The summed E-state index contributed by atoms with van der Waals surface area (Å²) in [5.41, 5.74) is 0.805. The van der Waals surface area contributed by atoms with Crippen LogP contribution in [0.3, 0.4) is 0 Å². The van der Waals surface area contributed by atoms with E-state index in [-0.39, 0.29) is 16.5 Å². The van der Waals surface area contributed by atoms with E-state index in [1.807, 2.05) is 43.5 Å². The van der Waals surface area contributed by atoms with Crippen molar-refractivity contribution in [2.24, 2.45) is 0 Å². The molecule has 0 heterocycles. The fraction of sp³-hybridized carbons (Fsp3) is 0.364. The molecule has 0 aliphatic carbocycles. The zero-order valence-electron chi connectivity index (χ0n) is 8.74. The Labute approximate surface area is 99.4 Å². The molecule has 82 valence electrons. The number of anilines is 1. The summed E-state index contributed by atoms with van der Waals surface area (Å²) < 4.78 is 0. The molecule has 2 atom stereocenters. The summed E-state index contributed by atoms with van der Waals surface area (Å²) in [7, 11) is 0. The Morgan fingerprint density at radius 2 is 2.00 bits per heavy atom. The number of para-hydroxylation sites is 1. The molecule has 4 heteroatoms. The molecule has 0 unspecified atom stereocenters. The number of benzene rings is 1. The number of carbonyl (C=O) groups is 1. The third-order valence-electron chi connectivity index (χ3n) is 1.97. The van der Waals surface area contributed by atoms with E-state index in [1.165, 1.54) is 11.8 Å². The minimum Gasteiger partial charge on any atom is -0.325 e. The number of hydrogen-bond acceptors (Lipinski definition) is 2. The van der Waals surface area contributed by atoms with Gasteiger partial charge < -0.3 is 5.32 Å². The van der Waals surface area contributed by atoms with Crippen LogP contribution in [0.25, 0.3) is 0 Å². The first kappa shape index (κ1) is 12.4. The monoisotopic (exact) mass is 243 g/mol. The minimum atomic E-state index is -0.216. The van der Waals surface area contributed by atoms with Crippen LogP contribution in [0.5, 0.6) is 0 Å². The van der Waals surface area contributed by atoms with Gasteiger partial charge >= 0.3 is 0 Å². The van der Waals surface area contributed by atoms with Gasteiger partial charge in [-0.3, -0.25) is 4.79 Å². The van der Waals surface area contributed by atoms with Crippen molar-refractivity contribution in [3.63, 3.8) is 0 Å². The first-order valence-electron chi connectivity index (χ1n) is 4.68. The summed E-state index contributed by atoms with van der Waals surface area (Å²) in [6.07, 6.45) is 1.88. The van der Waals surface area contributed by atoms with Gasteiger partial charge in [0, 0.05) is 5.69 Å². The van der Waals surface area contributed by atoms with Gasteiger partial charge in [0.25, 0.3) is 0 Å². The molecule has 1 aromatic carbocycles. The third-order valence-corrected chi connectivity index (χ3v) is 3.50. The first-order chi connectivity index (χ1) is 7.15. The van der Waals surface area contributed by atoms with Crippen molar-refractivity contribution in [3.05, 3.63) is 30.3 Å². The van der Waals surface area contributed by atoms with Crippen molar-refractivity contribution in [2.45, 2.75) is 17.6 Å². The summed E-state index contributed by atoms with van der Waals surface area (Å²) in [6.45, 7) is 1.83. The topological polar surface area (TPSA) is 29.1 Å². The molecule has 0 aliphatic rings. The van der Waals surface area contributed by atoms with E-state index in [0.717, 1.165) is 5.69 Å². The molecule has 2 nitrogen and oxygen atoms in total. The fourth-order valence-corrected chi connectivity index (χ4v) is 2.31. The van der Waals surface area contributed by atoms with Gasteiger partial charge in [0.2, 0.25) is 5.91 Å². The number of halogens is 1. The molecular formula is C11H14ClNOS. The second-order valence-electron chi connectivity index (χ2n) is 3.19. The Balaban J connectivity index is 2.62. The van der Waals surface area contributed by atoms with Gasteiger partial charge in [-0.2, -0.15) is 11.8 Å². The van der Waals surface area contributed by atoms with Gasteiger partial charge in [-0.1, -0.05) is 18.2 Å². The van der Waals surface area contributed by atoms with Crippen LogP contribution in [0, 0.1) is 0 Å². The molecule has 0 radical (unpaired) electrons. The van der Waals surface area contributed by atoms with E-state index >= 15 is 0 Å². The number of nitrogens with one attached hydrogen (secondary N) is 1. The van der Waals surface area contributed by atoms with Gasteiger partial charge in [0.15, 0.2) is 0 Å². The zero-order valence-corrected chi connectivity index (χ0v) is 10.3. The average Bonchev–Trinajstić information content (AvgIpc) is 2.19. The summed E-state index contributed by atoms with van der Waals surface area (Å²) in [5, 5.41) is 2.44. The Bertz CT molecular complexity index is 316. The van der Waals surface area contributed by atoms with Crippen molar-refractivity contribution < 1.29 is 4.79 Å². The highest BCUT2D eigenvalue weighted by atomic mass is 35.5. The molecule has 15 heavy (non-hydrogen) atoms. The largest absolute Gasteiger partial charge is 0.325 e. The predicted octanol–water partition coefficient (Wildman–Crippen LogP) is 2.98. The fourth-order valence-electron chi connectivity index (χ4n) is 1.24. The number of alkyl halides is 1. The molecule has 1 amide bonds. The maximum absolute atomic E-state index is 11.8. The summed E-state index contributed by atoms with van der Waals surface area (Å²) in [5.74, 6) is -0.0452. The molecule has 0 spiro atoms. The summed E-state index contributed by atoms with van der Waals surface area (Å²) in [4.78, 5) is 11.8. The van der Waals surface area contributed by atoms with Crippen LogP contribution in [0.4, 0.5) is 5.69 Å². The smallest absolute Gasteiger partial charge is 0.238 e. The lowest BCUT2D eigenvalue weighted by atomic mass is 10.2. The first-order valence-corrected chi connectivity index (χ1v) is 6.40. The van der Waals surface area contributed by atoms with Crippen LogP contribution in [-0.2, 0) is 4.79 Å². The second kappa shape index (κ2) is 6.03. The maximum atomic E-state index is 11.8. The van der Waals surface area contributed by atoms with Crippen molar-refractivity contribution in [2.75, 3.05) is 11.6 Å². The standard InChI is InChI=1S/C11H14ClNOS/c1-8(12)10(15-2)11(14)13-9-6-4-3-5-7-9/h3-8,10H,1-2H3,(H,13,14)/t8-,10+/m0/s1. The van der Waals surface area contributed by atoms with E-state index in [0.29, 0.717) is 0 Å². The van der Waals surface area contributed by atoms with Gasteiger partial charge in [-0.25, -0.2) is 0 Å². The highest BCUT2D eigenvalue weighted by Gasteiger charge is 2.22. The van der Waals surface area contributed by atoms with Gasteiger partial charge in [-0.15, -0.1) is 11.6 Å². The Hall–Kier alpha value is -0.670. The SMILES string of the molecule is CS[C@@H](C(=O)Nc1ccccc1)[C@H](C)Cl. The number of hydrogen-bond donors (Lipinski definition) is 1. The van der Waals surface area contributed by atoms with E-state index in [9.17, 15) is 4.79 Å². The molecule has 0 aromatic heterocycles. The molecular weight excluding hydrogens is 230 g/mol. The van der Waals surface area contributed by atoms with Crippen LogP contribution in [0.1, 0.15) is 6.92 Å². The lowest BCUT2D eigenvalue weighted by Gasteiger charge is -2.16. The Morgan fingerprint density at radius 3 is 2.47 bits per heavy atom. The van der Waals surface area contributed by atoms with E-state index in [2.05, 4.69) is 5.32 Å². The van der Waals surface area contributed by atoms with E-state index in [1.54, 1.807) is 0 Å². The van der Waals surface area contributed by atoms with Crippen LogP contribution in [0.15, 0.2) is 30.3 Å². The lowest BCUT2D eigenvalue weighted by Crippen LogP contribution is -2.31. The number of thioether (sulfide) groups is 1. The molecule has 0 fully saturated rings. The highest BCUT2D eigenvalue weighted by Crippen LogP contribution is 2.18. The molecule has 0 saturated carbocycles. The van der Waals surface area contributed by atoms with Crippen molar-refractivity contribution in [3.8, 4) is 0 Å². The van der Waals surface area contributed by atoms with Crippen LogP contribution < -0.4 is 5.32 Å². The quantitative estimate of drug-likeness (QED) is 0.824. The molecule has 1 N–H and O–H groups in total. The molecule has 1 aromatic rings. The van der Waals surface area contributed by atoms with Crippen molar-refractivity contribution in [1.82, 2.24) is 0 Å². The molecule has 0 saturated heterocycles. The second-order valence-corrected chi connectivity index (χ2v) is 4.86. The van der Waals surface area contributed by atoms with Gasteiger partial charge in [0.05, 0.1) is 10.6 Å². The summed E-state index contributed by atoms with van der Waals surface area (Å²) >= 11 is 7.38. The highest BCUT2D eigenvalue weighted by molar-refractivity contribution is 8.00. The molecule has 0 aliphatic heterocycles. The molecule has 0 bridgehead atoms. The van der Waals surface area contributed by atoms with Crippen LogP contribution in [-0.4, -0.2) is 22.8 Å².